The van der Waals surface area contributed by atoms with Crippen LogP contribution in [0.1, 0.15) is 45.9 Å². The van der Waals surface area contributed by atoms with Crippen molar-refractivity contribution in [1.29, 1.82) is 0 Å². The molecule has 118 valence electrons. The van der Waals surface area contributed by atoms with Crippen molar-refractivity contribution >= 4 is 12.0 Å². The zero-order chi connectivity index (χ0) is 16.1. The van der Waals surface area contributed by atoms with Gasteiger partial charge in [0.2, 0.25) is 0 Å². The van der Waals surface area contributed by atoms with E-state index in [0.717, 1.165) is 24.8 Å². The van der Waals surface area contributed by atoms with E-state index in [4.69, 9.17) is 5.11 Å². The van der Waals surface area contributed by atoms with Gasteiger partial charge in [-0.1, -0.05) is 48.6 Å². The van der Waals surface area contributed by atoms with E-state index in [1.165, 1.54) is 11.1 Å². The molecule has 1 aliphatic carbocycles. The molecule has 1 atom stereocenters. The van der Waals surface area contributed by atoms with E-state index in [2.05, 4.69) is 23.5 Å². The first-order valence-corrected chi connectivity index (χ1v) is 8.04. The maximum atomic E-state index is 12.6. The van der Waals surface area contributed by atoms with Gasteiger partial charge in [0.15, 0.2) is 0 Å². The Labute approximate surface area is 136 Å². The lowest BCUT2D eigenvalue weighted by Crippen LogP contribution is -2.30. The smallest absolute Gasteiger partial charge is 0.251 e. The lowest BCUT2D eigenvalue weighted by Gasteiger charge is -2.26. The van der Waals surface area contributed by atoms with Crippen LogP contribution >= 0.6 is 0 Å². The summed E-state index contributed by atoms with van der Waals surface area (Å²) in [5.74, 6) is -0.0500. The highest BCUT2D eigenvalue weighted by Crippen LogP contribution is 2.29. The van der Waals surface area contributed by atoms with Crippen LogP contribution in [0.15, 0.2) is 54.6 Å². The molecule has 0 radical (unpaired) electrons. The zero-order valence-electron chi connectivity index (χ0n) is 13.0. The Bertz CT molecular complexity index is 721. The minimum Gasteiger partial charge on any atom is -0.392 e. The molecule has 0 fully saturated rings. The number of aliphatic hydroxyl groups is 1. The van der Waals surface area contributed by atoms with Crippen molar-refractivity contribution in [3.05, 3.63) is 76.9 Å². The molecule has 0 heterocycles. The average molecular weight is 307 g/mol. The zero-order valence-corrected chi connectivity index (χ0v) is 13.0. The Hall–Kier alpha value is -2.39. The summed E-state index contributed by atoms with van der Waals surface area (Å²) in [6.07, 6.45) is 6.64. The molecule has 3 rings (SSSR count). The van der Waals surface area contributed by atoms with E-state index in [1.54, 1.807) is 6.08 Å². The first-order chi connectivity index (χ1) is 11.3. The van der Waals surface area contributed by atoms with Gasteiger partial charge in [0.1, 0.15) is 0 Å². The number of hydrogen-bond acceptors (Lipinski definition) is 2. The highest BCUT2D eigenvalue weighted by atomic mass is 16.2. The summed E-state index contributed by atoms with van der Waals surface area (Å²) >= 11 is 0. The third-order valence-electron chi connectivity index (χ3n) is 4.24. The van der Waals surface area contributed by atoms with Gasteiger partial charge >= 0.3 is 0 Å². The molecule has 1 amide bonds. The van der Waals surface area contributed by atoms with E-state index >= 15 is 0 Å². The molecule has 0 spiro atoms. The van der Waals surface area contributed by atoms with Crippen LogP contribution in [0.4, 0.5) is 0 Å². The summed E-state index contributed by atoms with van der Waals surface area (Å²) in [6, 6.07) is 15.9. The minimum atomic E-state index is -0.0500. The topological polar surface area (TPSA) is 49.3 Å². The third kappa shape index (κ3) is 3.69. The van der Waals surface area contributed by atoms with Gasteiger partial charge in [-0.25, -0.2) is 0 Å². The van der Waals surface area contributed by atoms with Crippen LogP contribution in [0.3, 0.4) is 0 Å². The summed E-state index contributed by atoms with van der Waals surface area (Å²) in [6.45, 7) is -0.00468. The molecule has 2 aromatic carbocycles. The van der Waals surface area contributed by atoms with Gasteiger partial charge in [-0.2, -0.15) is 0 Å². The number of aliphatic hydroxyl groups excluding tert-OH is 1. The quantitative estimate of drug-likeness (QED) is 0.908. The molecule has 0 saturated heterocycles. The molecule has 1 unspecified atom stereocenters. The summed E-state index contributed by atoms with van der Waals surface area (Å²) in [5.41, 5.74) is 4.14. The van der Waals surface area contributed by atoms with Crippen molar-refractivity contribution in [2.24, 2.45) is 0 Å². The molecular formula is C20H21NO2. The van der Waals surface area contributed by atoms with Gasteiger partial charge < -0.3 is 10.4 Å². The molecule has 0 aromatic heterocycles. The van der Waals surface area contributed by atoms with Crippen molar-refractivity contribution < 1.29 is 9.90 Å². The normalized spacial score (nSPS) is 17.0. The third-order valence-corrected chi connectivity index (χ3v) is 4.24. The molecule has 2 N–H and O–H groups in total. The van der Waals surface area contributed by atoms with Crippen LogP contribution in [-0.4, -0.2) is 17.6 Å². The predicted octanol–water partition coefficient (Wildman–Crippen LogP) is 3.50. The lowest BCUT2D eigenvalue weighted by atomic mass is 9.87. The molecule has 0 bridgehead atoms. The van der Waals surface area contributed by atoms with Crippen molar-refractivity contribution in [1.82, 2.24) is 5.32 Å². The Morgan fingerprint density at radius 3 is 2.96 bits per heavy atom. The monoisotopic (exact) mass is 307 g/mol. The molecule has 3 nitrogen and oxygen atoms in total. The van der Waals surface area contributed by atoms with Crippen LogP contribution in [-0.2, 0) is 6.42 Å². The highest BCUT2D eigenvalue weighted by Gasteiger charge is 2.21. The number of carbonyl (C=O) groups is 1. The number of carbonyl (C=O) groups excluding carboxylic acids is 1. The number of amides is 1. The van der Waals surface area contributed by atoms with Crippen molar-refractivity contribution in [2.45, 2.75) is 25.3 Å². The van der Waals surface area contributed by atoms with E-state index in [0.29, 0.717) is 5.56 Å². The van der Waals surface area contributed by atoms with Crippen LogP contribution in [0, 0.1) is 0 Å². The number of hydrogen-bond donors (Lipinski definition) is 2. The largest absolute Gasteiger partial charge is 0.392 e. The second kappa shape index (κ2) is 7.25. The first-order valence-electron chi connectivity index (χ1n) is 8.04. The molecule has 0 aliphatic heterocycles. The summed E-state index contributed by atoms with van der Waals surface area (Å²) in [4.78, 5) is 12.6. The van der Waals surface area contributed by atoms with Crippen molar-refractivity contribution in [3.8, 4) is 0 Å². The second-order valence-corrected chi connectivity index (χ2v) is 5.83. The van der Waals surface area contributed by atoms with Crippen LogP contribution in [0.25, 0.3) is 6.08 Å². The Morgan fingerprint density at radius 1 is 1.22 bits per heavy atom. The Balaban J connectivity index is 1.76. The van der Waals surface area contributed by atoms with E-state index in [-0.39, 0.29) is 18.6 Å². The SMILES string of the molecule is O=C(NC1CCCc2ccccc21)c1cccc(/C=C/CO)c1. The van der Waals surface area contributed by atoms with Crippen LogP contribution in [0.2, 0.25) is 0 Å². The standard InChI is InChI=1S/C20H21NO2/c22-13-5-7-15-6-3-10-17(14-15)20(23)21-19-12-4-9-16-8-1-2-11-18(16)19/h1-3,5-8,10-11,14,19,22H,4,9,12-13H2,(H,21,23)/b7-5+. The fourth-order valence-corrected chi connectivity index (χ4v) is 3.12. The Kier molecular flexibility index (Phi) is 4.89. The van der Waals surface area contributed by atoms with E-state index in [1.807, 2.05) is 36.4 Å². The number of rotatable bonds is 4. The van der Waals surface area contributed by atoms with Crippen molar-refractivity contribution in [2.75, 3.05) is 6.61 Å². The molecular weight excluding hydrogens is 286 g/mol. The Morgan fingerprint density at radius 2 is 2.09 bits per heavy atom. The highest BCUT2D eigenvalue weighted by molar-refractivity contribution is 5.95. The molecule has 1 aliphatic rings. The lowest BCUT2D eigenvalue weighted by molar-refractivity contribution is 0.0932. The van der Waals surface area contributed by atoms with Gasteiger partial charge in [0, 0.05) is 5.56 Å². The number of fused-ring (bicyclic) bond motifs is 1. The summed E-state index contributed by atoms with van der Waals surface area (Å²) in [7, 11) is 0. The van der Waals surface area contributed by atoms with Crippen molar-refractivity contribution in [3.63, 3.8) is 0 Å². The maximum Gasteiger partial charge on any atom is 0.251 e. The number of nitrogens with one attached hydrogen (secondary N) is 1. The van der Waals surface area contributed by atoms with Gasteiger partial charge in [-0.15, -0.1) is 0 Å². The van der Waals surface area contributed by atoms with E-state index in [9.17, 15) is 4.79 Å². The number of benzene rings is 2. The predicted molar refractivity (Wildman–Crippen MR) is 92.1 cm³/mol. The molecule has 23 heavy (non-hydrogen) atoms. The fourth-order valence-electron chi connectivity index (χ4n) is 3.12. The number of aryl methyl sites for hydroxylation is 1. The second-order valence-electron chi connectivity index (χ2n) is 5.83. The summed E-state index contributed by atoms with van der Waals surface area (Å²) < 4.78 is 0. The molecule has 3 heteroatoms. The average Bonchev–Trinajstić information content (AvgIpc) is 2.60. The van der Waals surface area contributed by atoms with Gasteiger partial charge in [0.25, 0.3) is 5.91 Å². The van der Waals surface area contributed by atoms with Crippen LogP contribution in [0.5, 0.6) is 0 Å². The first kappa shape index (κ1) is 15.5. The summed E-state index contributed by atoms with van der Waals surface area (Å²) in [5, 5.41) is 12.0. The van der Waals surface area contributed by atoms with Gasteiger partial charge in [0.05, 0.1) is 12.6 Å². The van der Waals surface area contributed by atoms with Gasteiger partial charge in [-0.05, 0) is 48.1 Å². The van der Waals surface area contributed by atoms with Gasteiger partial charge in [-0.3, -0.25) is 4.79 Å². The fraction of sp³-hybridized carbons (Fsp3) is 0.250. The molecule has 0 saturated carbocycles. The molecule has 2 aromatic rings. The minimum absolute atomic E-state index is 0.00468. The maximum absolute atomic E-state index is 12.6. The van der Waals surface area contributed by atoms with E-state index < -0.39 is 0 Å². The van der Waals surface area contributed by atoms with Crippen LogP contribution < -0.4 is 5.32 Å².